The summed E-state index contributed by atoms with van der Waals surface area (Å²) in [6, 6.07) is 1.96. The maximum absolute atomic E-state index is 12.7. The Morgan fingerprint density at radius 1 is 1.29 bits per heavy atom. The van der Waals surface area contributed by atoms with E-state index in [4.69, 9.17) is 4.52 Å². The van der Waals surface area contributed by atoms with Crippen LogP contribution in [-0.2, 0) is 6.54 Å². The van der Waals surface area contributed by atoms with Gasteiger partial charge in [0.2, 0.25) is 0 Å². The largest absolute Gasteiger partial charge is 0.359 e. The minimum Gasteiger partial charge on any atom is -0.359 e. The van der Waals surface area contributed by atoms with E-state index in [1.165, 1.54) is 0 Å². The highest BCUT2D eigenvalue weighted by Crippen LogP contribution is 2.21. The molecule has 1 aromatic rings. The fourth-order valence-corrected chi connectivity index (χ4v) is 3.46. The van der Waals surface area contributed by atoms with E-state index in [1.807, 2.05) is 11.0 Å². The van der Waals surface area contributed by atoms with E-state index < -0.39 is 0 Å². The van der Waals surface area contributed by atoms with Crippen molar-refractivity contribution in [1.82, 2.24) is 19.9 Å². The van der Waals surface area contributed by atoms with Crippen molar-refractivity contribution >= 4 is 5.91 Å². The number of rotatable bonds is 5. The van der Waals surface area contributed by atoms with Gasteiger partial charge in [0, 0.05) is 38.8 Å². The number of amides is 1. The molecule has 0 radical (unpaired) electrons. The van der Waals surface area contributed by atoms with Crippen molar-refractivity contribution in [2.75, 3.05) is 39.3 Å². The monoisotopic (exact) mass is 332 g/mol. The highest BCUT2D eigenvalue weighted by molar-refractivity contribution is 5.93. The zero-order valence-corrected chi connectivity index (χ0v) is 14.9. The second-order valence-corrected chi connectivity index (χ2v) is 7.01. The molecule has 0 aliphatic carbocycles. The van der Waals surface area contributed by atoms with Crippen LogP contribution >= 0.6 is 0 Å². The Morgan fingerprint density at radius 3 is 2.67 bits per heavy atom. The second kappa shape index (κ2) is 7.49. The molecule has 0 bridgehead atoms. The lowest BCUT2D eigenvalue weighted by Gasteiger charge is -2.33. The number of hydrogen-bond acceptors (Lipinski definition) is 5. The first kappa shape index (κ1) is 17.2. The number of carbonyl (C=O) groups is 1. The summed E-state index contributed by atoms with van der Waals surface area (Å²) in [6.07, 6.45) is 4.16. The molecule has 0 aromatic carbocycles. The molecule has 1 aromatic heterocycles. The van der Waals surface area contributed by atoms with Gasteiger partial charge in [-0.15, -0.1) is 0 Å². The Hall–Kier alpha value is -1.66. The minimum absolute atomic E-state index is 0.0375. The molecule has 6 nitrogen and oxygen atoms in total. The zero-order chi connectivity index (χ0) is 17.1. The van der Waals surface area contributed by atoms with E-state index in [9.17, 15) is 4.79 Å². The van der Waals surface area contributed by atoms with Crippen molar-refractivity contribution < 1.29 is 9.32 Å². The van der Waals surface area contributed by atoms with E-state index in [2.05, 4.69) is 47.9 Å². The van der Waals surface area contributed by atoms with Crippen molar-refractivity contribution in [3.05, 3.63) is 29.7 Å². The number of piperazine rings is 1. The number of carbonyl (C=O) groups excluding carboxylic acids is 1. The van der Waals surface area contributed by atoms with Crippen LogP contribution in [-0.4, -0.2) is 71.1 Å². The van der Waals surface area contributed by atoms with Crippen LogP contribution in [0.3, 0.4) is 0 Å². The molecule has 1 atom stereocenters. The topological polar surface area (TPSA) is 52.8 Å². The molecule has 1 amide bonds. The number of aromatic nitrogens is 1. The predicted molar refractivity (Wildman–Crippen MR) is 92.7 cm³/mol. The summed E-state index contributed by atoms with van der Waals surface area (Å²) in [5.41, 5.74) is 0.423. The second-order valence-electron chi connectivity index (χ2n) is 7.01. The van der Waals surface area contributed by atoms with Gasteiger partial charge in [0.25, 0.3) is 5.91 Å². The molecule has 0 saturated carbocycles. The third-order valence-corrected chi connectivity index (χ3v) is 5.01. The molecular formula is C18H28N4O2. The molecule has 0 N–H and O–H groups in total. The molecular weight excluding hydrogens is 304 g/mol. The molecule has 132 valence electrons. The Bertz CT molecular complexity index is 588. The van der Waals surface area contributed by atoms with Gasteiger partial charge in [0.05, 0.1) is 12.6 Å². The Kier molecular flexibility index (Phi) is 5.36. The molecule has 3 heterocycles. The first-order valence-electron chi connectivity index (χ1n) is 8.96. The van der Waals surface area contributed by atoms with E-state index in [0.717, 1.165) is 45.0 Å². The Balaban J connectivity index is 1.58. The van der Waals surface area contributed by atoms with Crippen molar-refractivity contribution in [2.45, 2.75) is 33.4 Å². The molecule has 2 aliphatic heterocycles. The molecule has 6 heteroatoms. The standard InChI is InChI=1S/C18H28N4O2/c1-4-20-8-10-21(11-9-20)13-15-12-16(19-24-15)18(23)22-7-5-6-17(22)14(2)3/h5-6,12,14,17H,4,7-11,13H2,1-3H3. The van der Waals surface area contributed by atoms with Crippen molar-refractivity contribution in [3.8, 4) is 0 Å². The van der Waals surface area contributed by atoms with Crippen molar-refractivity contribution in [1.29, 1.82) is 0 Å². The van der Waals surface area contributed by atoms with Gasteiger partial charge in [-0.05, 0) is 12.5 Å². The molecule has 3 rings (SSSR count). The summed E-state index contributed by atoms with van der Waals surface area (Å²) < 4.78 is 5.42. The van der Waals surface area contributed by atoms with Crippen LogP contribution in [0.25, 0.3) is 0 Å². The maximum Gasteiger partial charge on any atom is 0.276 e. The Labute approximate surface area is 144 Å². The lowest BCUT2D eigenvalue weighted by molar-refractivity contribution is 0.0709. The smallest absolute Gasteiger partial charge is 0.276 e. The lowest BCUT2D eigenvalue weighted by atomic mass is 10.0. The highest BCUT2D eigenvalue weighted by Gasteiger charge is 2.30. The summed E-state index contributed by atoms with van der Waals surface area (Å²) in [7, 11) is 0. The van der Waals surface area contributed by atoms with Gasteiger partial charge in [-0.25, -0.2) is 0 Å². The van der Waals surface area contributed by atoms with Crippen LogP contribution in [0.4, 0.5) is 0 Å². The highest BCUT2D eigenvalue weighted by atomic mass is 16.5. The summed E-state index contributed by atoms with van der Waals surface area (Å²) in [5, 5.41) is 4.02. The zero-order valence-electron chi connectivity index (χ0n) is 14.9. The minimum atomic E-state index is -0.0375. The van der Waals surface area contributed by atoms with Gasteiger partial charge in [-0.2, -0.15) is 0 Å². The van der Waals surface area contributed by atoms with Gasteiger partial charge < -0.3 is 14.3 Å². The molecule has 0 spiro atoms. The van der Waals surface area contributed by atoms with Crippen LogP contribution in [0.5, 0.6) is 0 Å². The third kappa shape index (κ3) is 3.70. The summed E-state index contributed by atoms with van der Waals surface area (Å²) >= 11 is 0. The van der Waals surface area contributed by atoms with E-state index in [0.29, 0.717) is 18.2 Å². The maximum atomic E-state index is 12.7. The van der Waals surface area contributed by atoms with Crippen LogP contribution in [0.2, 0.25) is 0 Å². The van der Waals surface area contributed by atoms with Crippen molar-refractivity contribution in [2.24, 2.45) is 5.92 Å². The fourth-order valence-electron chi connectivity index (χ4n) is 3.46. The fraction of sp³-hybridized carbons (Fsp3) is 0.667. The lowest BCUT2D eigenvalue weighted by Crippen LogP contribution is -2.45. The summed E-state index contributed by atoms with van der Waals surface area (Å²) in [4.78, 5) is 19.4. The average Bonchev–Trinajstić information content (AvgIpc) is 3.24. The van der Waals surface area contributed by atoms with E-state index >= 15 is 0 Å². The molecule has 24 heavy (non-hydrogen) atoms. The van der Waals surface area contributed by atoms with Crippen molar-refractivity contribution in [3.63, 3.8) is 0 Å². The van der Waals surface area contributed by atoms with Gasteiger partial charge in [0.1, 0.15) is 0 Å². The number of nitrogens with zero attached hydrogens (tertiary/aromatic N) is 4. The summed E-state index contributed by atoms with van der Waals surface area (Å²) in [5.74, 6) is 1.13. The van der Waals surface area contributed by atoms with E-state index in [-0.39, 0.29) is 11.9 Å². The van der Waals surface area contributed by atoms with Gasteiger partial charge in [-0.1, -0.05) is 38.1 Å². The average molecular weight is 332 g/mol. The third-order valence-electron chi connectivity index (χ3n) is 5.01. The quantitative estimate of drug-likeness (QED) is 0.770. The SMILES string of the molecule is CCN1CCN(Cc2cc(C(=O)N3CC=CC3C(C)C)no2)CC1. The molecule has 1 fully saturated rings. The molecule has 1 saturated heterocycles. The molecule has 2 aliphatic rings. The van der Waals surface area contributed by atoms with Gasteiger partial charge in [-0.3, -0.25) is 9.69 Å². The first-order chi connectivity index (χ1) is 11.6. The van der Waals surface area contributed by atoms with Crippen LogP contribution < -0.4 is 0 Å². The number of likely N-dealkylation sites (N-methyl/N-ethyl adjacent to an activating group) is 1. The Morgan fingerprint density at radius 2 is 2.00 bits per heavy atom. The summed E-state index contributed by atoms with van der Waals surface area (Å²) in [6.45, 7) is 13.2. The normalized spacial score (nSPS) is 22.7. The molecule has 1 unspecified atom stereocenters. The van der Waals surface area contributed by atoms with E-state index in [1.54, 1.807) is 0 Å². The van der Waals surface area contributed by atoms with Crippen LogP contribution in [0.15, 0.2) is 22.7 Å². The van der Waals surface area contributed by atoms with Gasteiger partial charge >= 0.3 is 0 Å². The first-order valence-corrected chi connectivity index (χ1v) is 8.96. The van der Waals surface area contributed by atoms with Crippen LogP contribution in [0, 0.1) is 5.92 Å². The number of hydrogen-bond donors (Lipinski definition) is 0. The van der Waals surface area contributed by atoms with Gasteiger partial charge in [0.15, 0.2) is 11.5 Å². The van der Waals surface area contributed by atoms with Crippen LogP contribution in [0.1, 0.15) is 37.0 Å². The predicted octanol–water partition coefficient (Wildman–Crippen LogP) is 1.85.